The monoisotopic (exact) mass is 402 g/mol. The summed E-state index contributed by atoms with van der Waals surface area (Å²) in [7, 11) is 2.11. The van der Waals surface area contributed by atoms with Crippen molar-refractivity contribution in [3.8, 4) is 22.8 Å². The largest absolute Gasteiger partial charge is 0.455 e. The third-order valence-corrected chi connectivity index (χ3v) is 6.77. The molecule has 3 heteroatoms. The number of hydrogen-bond donors (Lipinski definition) is 0. The normalized spacial score (nSPS) is 12.6. The van der Waals surface area contributed by atoms with Gasteiger partial charge in [0.2, 0.25) is 5.69 Å². The second-order valence-corrected chi connectivity index (χ2v) is 8.56. The van der Waals surface area contributed by atoms with E-state index in [-0.39, 0.29) is 0 Å². The van der Waals surface area contributed by atoms with Gasteiger partial charge in [-0.05, 0) is 53.9 Å². The van der Waals surface area contributed by atoms with E-state index >= 15 is 0 Å². The van der Waals surface area contributed by atoms with E-state index in [1.54, 1.807) is 0 Å². The van der Waals surface area contributed by atoms with Crippen molar-refractivity contribution in [3.63, 3.8) is 0 Å². The van der Waals surface area contributed by atoms with E-state index in [0.29, 0.717) is 0 Å². The van der Waals surface area contributed by atoms with E-state index in [9.17, 15) is 0 Å². The van der Waals surface area contributed by atoms with Crippen molar-refractivity contribution in [2.45, 2.75) is 13.8 Å². The van der Waals surface area contributed by atoms with E-state index in [1.807, 2.05) is 12.1 Å². The average molecular weight is 402 g/mol. The molecular formula is C28H20NO2+. The predicted octanol–water partition coefficient (Wildman–Crippen LogP) is 7.11. The molecule has 1 aliphatic rings. The summed E-state index contributed by atoms with van der Waals surface area (Å²) >= 11 is 0. The van der Waals surface area contributed by atoms with E-state index in [0.717, 1.165) is 49.8 Å². The Morgan fingerprint density at radius 1 is 0.774 bits per heavy atom. The van der Waals surface area contributed by atoms with Crippen LogP contribution in [0, 0.1) is 13.8 Å². The van der Waals surface area contributed by atoms with Crippen LogP contribution in [0.25, 0.3) is 54.7 Å². The summed E-state index contributed by atoms with van der Waals surface area (Å²) < 4.78 is 15.1. The van der Waals surface area contributed by atoms with Gasteiger partial charge in [0.15, 0.2) is 6.20 Å². The number of para-hydroxylation sites is 1. The molecule has 4 aromatic carbocycles. The van der Waals surface area contributed by atoms with Gasteiger partial charge in [0.25, 0.3) is 0 Å². The quantitative estimate of drug-likeness (QED) is 0.253. The summed E-state index contributed by atoms with van der Waals surface area (Å²) in [5.41, 5.74) is 6.70. The molecule has 0 spiro atoms. The number of rotatable bonds is 0. The zero-order chi connectivity index (χ0) is 20.9. The van der Waals surface area contributed by atoms with Gasteiger partial charge in [-0.3, -0.25) is 0 Å². The Labute approximate surface area is 179 Å². The molecule has 0 atom stereocenters. The third kappa shape index (κ3) is 2.05. The third-order valence-electron chi connectivity index (χ3n) is 6.77. The molecule has 0 amide bonds. The number of ether oxygens (including phenoxy) is 1. The van der Waals surface area contributed by atoms with Gasteiger partial charge in [-0.1, -0.05) is 36.4 Å². The number of nitrogens with zero attached hydrogens (tertiary/aromatic N) is 1. The van der Waals surface area contributed by atoms with Gasteiger partial charge in [-0.15, -0.1) is 0 Å². The number of hydrogen-bond acceptors (Lipinski definition) is 2. The first kappa shape index (κ1) is 16.9. The van der Waals surface area contributed by atoms with Crippen LogP contribution < -0.4 is 9.30 Å². The van der Waals surface area contributed by atoms with Crippen LogP contribution >= 0.6 is 0 Å². The molecule has 1 aliphatic heterocycles. The molecule has 0 aliphatic carbocycles. The molecule has 3 heterocycles. The fourth-order valence-corrected chi connectivity index (χ4v) is 5.42. The van der Waals surface area contributed by atoms with Crippen molar-refractivity contribution in [2.24, 2.45) is 7.05 Å². The van der Waals surface area contributed by atoms with Crippen LogP contribution in [0.3, 0.4) is 0 Å². The second kappa shape index (κ2) is 5.64. The Balaban J connectivity index is 1.70. The minimum atomic E-state index is 0.888. The Bertz CT molecular complexity index is 1740. The van der Waals surface area contributed by atoms with E-state index in [4.69, 9.17) is 9.15 Å². The molecule has 3 nitrogen and oxygen atoms in total. The van der Waals surface area contributed by atoms with Gasteiger partial charge >= 0.3 is 0 Å². The molecule has 0 bridgehead atoms. The van der Waals surface area contributed by atoms with Crippen molar-refractivity contribution >= 4 is 43.5 Å². The fourth-order valence-electron chi connectivity index (χ4n) is 5.42. The number of fused-ring (bicyclic) bond motifs is 7. The molecule has 0 fully saturated rings. The van der Waals surface area contributed by atoms with Gasteiger partial charge in [-0.2, -0.15) is 0 Å². The molecule has 0 saturated carbocycles. The van der Waals surface area contributed by atoms with Gasteiger partial charge in [-0.25, -0.2) is 4.57 Å². The number of pyridine rings is 1. The highest BCUT2D eigenvalue weighted by Gasteiger charge is 2.32. The molecule has 0 saturated heterocycles. The summed E-state index contributed by atoms with van der Waals surface area (Å²) in [6, 6.07) is 21.1. The Morgan fingerprint density at radius 2 is 1.65 bits per heavy atom. The summed E-state index contributed by atoms with van der Waals surface area (Å²) in [4.78, 5) is 0. The molecule has 0 radical (unpaired) electrons. The summed E-state index contributed by atoms with van der Waals surface area (Å²) in [5.74, 6) is 1.80. The zero-order valence-corrected chi connectivity index (χ0v) is 17.6. The lowest BCUT2D eigenvalue weighted by atomic mass is 9.90. The minimum absolute atomic E-state index is 0.888. The highest BCUT2D eigenvalue weighted by Crippen LogP contribution is 2.51. The zero-order valence-electron chi connectivity index (χ0n) is 17.6. The first-order chi connectivity index (χ1) is 15.1. The lowest BCUT2D eigenvalue weighted by molar-refractivity contribution is -0.659. The van der Waals surface area contributed by atoms with E-state index in [2.05, 4.69) is 80.2 Å². The topological polar surface area (TPSA) is 26.2 Å². The molecular weight excluding hydrogens is 382 g/mol. The summed E-state index contributed by atoms with van der Waals surface area (Å²) in [6.07, 6.45) is 2.13. The van der Waals surface area contributed by atoms with Crippen LogP contribution in [-0.2, 0) is 7.05 Å². The molecule has 148 valence electrons. The summed E-state index contributed by atoms with van der Waals surface area (Å²) in [5, 5.41) is 6.92. The molecule has 6 aromatic rings. The van der Waals surface area contributed by atoms with Crippen LogP contribution in [0.2, 0.25) is 0 Å². The van der Waals surface area contributed by atoms with Crippen molar-refractivity contribution in [1.82, 2.24) is 0 Å². The SMILES string of the molecule is Cc1cccc2cc3c(c(C)c12)-c1c2c(cc4c5ccccc5oc4c2cc[n+]1C)O3. The predicted molar refractivity (Wildman–Crippen MR) is 125 cm³/mol. The maximum absolute atomic E-state index is 6.60. The van der Waals surface area contributed by atoms with Crippen LogP contribution in [0.15, 0.2) is 71.3 Å². The van der Waals surface area contributed by atoms with Gasteiger partial charge in [0.1, 0.15) is 35.1 Å². The molecule has 2 aromatic heterocycles. The smallest absolute Gasteiger partial charge is 0.228 e. The van der Waals surface area contributed by atoms with Gasteiger partial charge in [0.05, 0.1) is 5.56 Å². The van der Waals surface area contributed by atoms with Gasteiger partial charge < -0.3 is 9.15 Å². The highest BCUT2D eigenvalue weighted by atomic mass is 16.5. The van der Waals surface area contributed by atoms with Gasteiger partial charge in [0, 0.05) is 22.2 Å². The standard InChI is InChI=1S/C28H20NO2/c1-15-7-6-8-17-13-22-25(16(2)24(15)17)27-26-19(11-12-29(27)3)28-20(14-23(26)30-22)18-9-4-5-10-21(18)31-28/h4-14H,1-3H3/q+1. The molecule has 7 rings (SSSR count). The number of aryl methyl sites for hydroxylation is 3. The number of furan rings is 1. The van der Waals surface area contributed by atoms with Crippen LogP contribution in [0.5, 0.6) is 11.5 Å². The van der Waals surface area contributed by atoms with E-state index < -0.39 is 0 Å². The second-order valence-electron chi connectivity index (χ2n) is 8.56. The maximum atomic E-state index is 6.60. The maximum Gasteiger partial charge on any atom is 0.228 e. The molecule has 31 heavy (non-hydrogen) atoms. The molecule has 0 N–H and O–H groups in total. The van der Waals surface area contributed by atoms with Crippen LogP contribution in [-0.4, -0.2) is 0 Å². The highest BCUT2D eigenvalue weighted by molar-refractivity contribution is 6.20. The van der Waals surface area contributed by atoms with Crippen LogP contribution in [0.1, 0.15) is 11.1 Å². The summed E-state index contributed by atoms with van der Waals surface area (Å²) in [6.45, 7) is 4.39. The Kier molecular flexibility index (Phi) is 3.07. The number of benzene rings is 4. The first-order valence-electron chi connectivity index (χ1n) is 10.6. The van der Waals surface area contributed by atoms with Crippen molar-refractivity contribution in [1.29, 1.82) is 0 Å². The van der Waals surface area contributed by atoms with Crippen molar-refractivity contribution in [3.05, 3.63) is 78.0 Å². The first-order valence-corrected chi connectivity index (χ1v) is 10.6. The number of aromatic nitrogens is 1. The lowest BCUT2D eigenvalue weighted by Gasteiger charge is -2.22. The molecule has 0 unspecified atom stereocenters. The van der Waals surface area contributed by atoms with E-state index in [1.165, 1.54) is 27.6 Å². The van der Waals surface area contributed by atoms with Crippen molar-refractivity contribution < 1.29 is 13.7 Å². The Morgan fingerprint density at radius 3 is 2.55 bits per heavy atom. The average Bonchev–Trinajstić information content (AvgIpc) is 3.13. The lowest BCUT2D eigenvalue weighted by Crippen LogP contribution is -2.31. The Hall–Kier alpha value is -3.85. The van der Waals surface area contributed by atoms with Crippen LogP contribution in [0.4, 0.5) is 0 Å². The minimum Gasteiger partial charge on any atom is -0.455 e. The fraction of sp³-hybridized carbons (Fsp3) is 0.107. The van der Waals surface area contributed by atoms with Crippen molar-refractivity contribution in [2.75, 3.05) is 0 Å².